The van der Waals surface area contributed by atoms with Gasteiger partial charge in [-0.2, -0.15) is 0 Å². The van der Waals surface area contributed by atoms with E-state index in [4.69, 9.17) is 18.9 Å². The second kappa shape index (κ2) is 8.67. The van der Waals surface area contributed by atoms with Gasteiger partial charge in [0, 0.05) is 27.9 Å². The van der Waals surface area contributed by atoms with Crippen LogP contribution in [-0.2, 0) is 4.79 Å². The van der Waals surface area contributed by atoms with Crippen LogP contribution in [-0.4, -0.2) is 31.0 Å². The fourth-order valence-electron chi connectivity index (χ4n) is 4.81. The van der Waals surface area contributed by atoms with Gasteiger partial charge in [-0.1, -0.05) is 12.1 Å². The van der Waals surface area contributed by atoms with Crippen LogP contribution in [0.4, 0.5) is 0 Å². The number of aromatic nitrogens is 1. The zero-order valence-corrected chi connectivity index (χ0v) is 20.0. The van der Waals surface area contributed by atoms with E-state index in [0.717, 1.165) is 10.9 Å². The van der Waals surface area contributed by atoms with Gasteiger partial charge in [0.1, 0.15) is 23.0 Å². The van der Waals surface area contributed by atoms with Gasteiger partial charge in [-0.3, -0.25) is 14.4 Å². The van der Waals surface area contributed by atoms with E-state index in [1.54, 1.807) is 62.8 Å². The Morgan fingerprint density at radius 3 is 2.41 bits per heavy atom. The van der Waals surface area contributed by atoms with Crippen LogP contribution in [0.15, 0.2) is 71.2 Å². The number of carbonyl (C=O) groups excluding carboxylic acids is 2. The van der Waals surface area contributed by atoms with E-state index in [9.17, 15) is 14.4 Å². The Hall–Kier alpha value is -4.85. The molecule has 2 aliphatic heterocycles. The zero-order chi connectivity index (χ0) is 25.7. The second-order valence-corrected chi connectivity index (χ2v) is 8.80. The molecule has 6 rings (SSSR count). The number of benzene rings is 3. The Balaban J connectivity index is 1.47. The fraction of sp³-hybridized carbons (Fsp3) is 0.138. The van der Waals surface area contributed by atoms with Crippen molar-refractivity contribution in [3.05, 3.63) is 99.0 Å². The lowest BCUT2D eigenvalue weighted by atomic mass is 9.85. The largest absolute Gasteiger partial charge is 0.497 e. The van der Waals surface area contributed by atoms with Crippen molar-refractivity contribution < 1.29 is 28.5 Å². The number of methoxy groups -OCH3 is 2. The van der Waals surface area contributed by atoms with Gasteiger partial charge in [-0.25, -0.2) is 0 Å². The zero-order valence-electron chi connectivity index (χ0n) is 20.0. The van der Waals surface area contributed by atoms with Crippen LogP contribution in [0.3, 0.4) is 0 Å². The highest BCUT2D eigenvalue weighted by Gasteiger charge is 2.39. The van der Waals surface area contributed by atoms with Crippen molar-refractivity contribution in [2.24, 2.45) is 0 Å². The number of aromatic amines is 1. The number of fused-ring (bicyclic) bond motifs is 4. The molecule has 0 aliphatic carbocycles. The number of pyridine rings is 1. The Kier molecular flexibility index (Phi) is 5.30. The molecule has 0 saturated heterocycles. The van der Waals surface area contributed by atoms with Gasteiger partial charge in [0.05, 0.1) is 26.2 Å². The highest BCUT2D eigenvalue weighted by molar-refractivity contribution is 6.15. The number of ether oxygens (including phenoxy) is 4. The predicted octanol–water partition coefficient (Wildman–Crippen LogP) is 4.60. The van der Waals surface area contributed by atoms with E-state index >= 15 is 0 Å². The lowest BCUT2D eigenvalue weighted by Crippen LogP contribution is -2.26. The number of nitrogens with one attached hydrogen (secondary N) is 1. The average Bonchev–Trinajstić information content (AvgIpc) is 3.22. The molecule has 0 saturated carbocycles. The molecule has 0 amide bonds. The number of hydrogen-bond acceptors (Lipinski definition) is 7. The van der Waals surface area contributed by atoms with E-state index in [-0.39, 0.29) is 29.3 Å². The molecule has 1 unspecified atom stereocenters. The van der Waals surface area contributed by atoms with Gasteiger partial charge in [-0.05, 0) is 60.2 Å². The number of rotatable bonds is 4. The summed E-state index contributed by atoms with van der Waals surface area (Å²) in [6, 6.07) is 17.4. The number of H-pyrrole nitrogens is 1. The Morgan fingerprint density at radius 2 is 1.65 bits per heavy atom. The number of Topliss-reactive ketones (excluding diaryl/α,β-unsaturated/α-hetero) is 1. The van der Waals surface area contributed by atoms with Crippen molar-refractivity contribution in [3.8, 4) is 23.0 Å². The monoisotopic (exact) mass is 495 g/mol. The van der Waals surface area contributed by atoms with Crippen LogP contribution in [0.25, 0.3) is 17.0 Å². The first-order chi connectivity index (χ1) is 17.9. The molecule has 1 N–H and O–H groups in total. The van der Waals surface area contributed by atoms with Crippen molar-refractivity contribution in [2.75, 3.05) is 14.2 Å². The van der Waals surface area contributed by atoms with Crippen molar-refractivity contribution in [1.29, 1.82) is 0 Å². The van der Waals surface area contributed by atoms with Gasteiger partial charge < -0.3 is 23.9 Å². The molecule has 0 bridgehead atoms. The number of esters is 1. The molecule has 4 aromatic rings. The third-order valence-electron chi connectivity index (χ3n) is 6.65. The first-order valence-corrected chi connectivity index (χ1v) is 11.6. The van der Waals surface area contributed by atoms with Crippen LogP contribution in [0.2, 0.25) is 0 Å². The third-order valence-corrected chi connectivity index (χ3v) is 6.65. The molecule has 37 heavy (non-hydrogen) atoms. The number of hydrogen-bond donors (Lipinski definition) is 1. The summed E-state index contributed by atoms with van der Waals surface area (Å²) in [5.74, 6) is 0.606. The minimum Gasteiger partial charge on any atom is -0.497 e. The van der Waals surface area contributed by atoms with Gasteiger partial charge >= 0.3 is 5.97 Å². The normalized spacial score (nSPS) is 17.2. The maximum Gasteiger partial charge on any atom is 0.312 e. The van der Waals surface area contributed by atoms with Crippen LogP contribution >= 0.6 is 0 Å². The lowest BCUT2D eigenvalue weighted by Gasteiger charge is -2.26. The molecule has 1 atom stereocenters. The Morgan fingerprint density at radius 1 is 0.892 bits per heavy atom. The van der Waals surface area contributed by atoms with Crippen LogP contribution in [0, 0.1) is 0 Å². The lowest BCUT2D eigenvalue weighted by molar-refractivity contribution is -0.135. The summed E-state index contributed by atoms with van der Waals surface area (Å²) >= 11 is 0. The number of ketones is 1. The first kappa shape index (κ1) is 22.6. The molecular weight excluding hydrogens is 474 g/mol. The highest BCUT2D eigenvalue weighted by atomic mass is 16.5. The fourth-order valence-corrected chi connectivity index (χ4v) is 4.81. The number of allylic oxidation sites excluding steroid dienone is 1. The first-order valence-electron chi connectivity index (χ1n) is 11.6. The minimum absolute atomic E-state index is 0.0723. The van der Waals surface area contributed by atoms with E-state index in [1.165, 1.54) is 0 Å². The van der Waals surface area contributed by atoms with Gasteiger partial charge in [-0.15, -0.1) is 0 Å². The molecular formula is C29H21NO7. The summed E-state index contributed by atoms with van der Waals surface area (Å²) in [5.41, 5.74) is 2.28. The molecule has 1 aromatic heterocycles. The molecule has 0 spiro atoms. The van der Waals surface area contributed by atoms with E-state index < -0.39 is 11.9 Å². The summed E-state index contributed by atoms with van der Waals surface area (Å²) in [4.78, 5) is 41.8. The maximum absolute atomic E-state index is 13.2. The quantitative estimate of drug-likeness (QED) is 0.251. The molecule has 2 aliphatic rings. The summed E-state index contributed by atoms with van der Waals surface area (Å²) in [6.45, 7) is 0. The molecule has 8 nitrogen and oxygen atoms in total. The van der Waals surface area contributed by atoms with E-state index in [1.807, 2.05) is 18.2 Å². The topological polar surface area (TPSA) is 104 Å². The van der Waals surface area contributed by atoms with Crippen LogP contribution < -0.4 is 24.5 Å². The van der Waals surface area contributed by atoms with Crippen molar-refractivity contribution in [2.45, 2.75) is 12.3 Å². The van der Waals surface area contributed by atoms with Crippen molar-refractivity contribution in [3.63, 3.8) is 0 Å². The van der Waals surface area contributed by atoms with Crippen LogP contribution in [0.1, 0.15) is 39.4 Å². The summed E-state index contributed by atoms with van der Waals surface area (Å²) < 4.78 is 22.1. The molecule has 8 heteroatoms. The standard InChI is InChI=1S/C29H21NO7/c1-34-17-5-3-15(4-6-17)11-24-27(32)19-8-10-23-26(28(19)37-24)20(14-25(31)36-23)21-13-16-12-18(35-2)7-9-22(16)30-29(21)33/h3-13,20H,14H2,1-2H3,(H,30,33)/b24-11-. The maximum atomic E-state index is 13.2. The molecule has 0 fully saturated rings. The smallest absolute Gasteiger partial charge is 0.312 e. The van der Waals surface area contributed by atoms with Crippen molar-refractivity contribution in [1.82, 2.24) is 4.98 Å². The van der Waals surface area contributed by atoms with Crippen LogP contribution in [0.5, 0.6) is 23.0 Å². The molecule has 184 valence electrons. The molecule has 0 radical (unpaired) electrons. The summed E-state index contributed by atoms with van der Waals surface area (Å²) in [6.07, 6.45) is 1.57. The van der Waals surface area contributed by atoms with Gasteiger partial charge in [0.25, 0.3) is 5.56 Å². The highest BCUT2D eigenvalue weighted by Crippen LogP contribution is 2.48. The summed E-state index contributed by atoms with van der Waals surface area (Å²) in [7, 11) is 3.15. The van der Waals surface area contributed by atoms with Gasteiger partial charge in [0.2, 0.25) is 5.78 Å². The van der Waals surface area contributed by atoms with Crippen molar-refractivity contribution >= 4 is 28.7 Å². The Bertz CT molecular complexity index is 1680. The summed E-state index contributed by atoms with van der Waals surface area (Å²) in [5, 5.41) is 0.749. The molecule has 3 aromatic carbocycles. The second-order valence-electron chi connectivity index (χ2n) is 8.80. The number of carbonyl (C=O) groups is 2. The van der Waals surface area contributed by atoms with E-state index in [0.29, 0.717) is 39.5 Å². The SMILES string of the molecule is COc1ccc(/C=C2\Oc3c(ccc4c3C(c3cc5cc(OC)ccc5[nH]c3=O)CC(=O)O4)C2=O)cc1. The van der Waals surface area contributed by atoms with Gasteiger partial charge in [0.15, 0.2) is 5.76 Å². The average molecular weight is 495 g/mol. The van der Waals surface area contributed by atoms with E-state index in [2.05, 4.69) is 4.98 Å². The molecule has 3 heterocycles. The minimum atomic E-state index is -0.668. The predicted molar refractivity (Wildman–Crippen MR) is 136 cm³/mol. The third kappa shape index (κ3) is 3.83. The Labute approximate surface area is 211 Å².